The van der Waals surface area contributed by atoms with Crippen LogP contribution in [-0.2, 0) is 4.74 Å². The van der Waals surface area contributed by atoms with E-state index >= 15 is 0 Å². The fraction of sp³-hybridized carbons (Fsp3) is 0.125. The second kappa shape index (κ2) is 3.99. The van der Waals surface area contributed by atoms with Crippen molar-refractivity contribution in [3.05, 3.63) is 32.9 Å². The number of halogens is 3. The van der Waals surface area contributed by atoms with Crippen LogP contribution in [0.2, 0.25) is 0 Å². The number of benzene rings is 1. The molecule has 0 bridgehead atoms. The predicted octanol–water partition coefficient (Wildman–Crippen LogP) is 2.36. The molecule has 0 amide bonds. The van der Waals surface area contributed by atoms with Gasteiger partial charge in [-0.3, -0.25) is 0 Å². The molecule has 0 radical (unpaired) electrons. The fourth-order valence-corrected chi connectivity index (χ4v) is 1.21. The fourth-order valence-electron chi connectivity index (χ4n) is 0.794. The van der Waals surface area contributed by atoms with Crippen LogP contribution in [0.3, 0.4) is 0 Å². The second-order valence-corrected chi connectivity index (χ2v) is 3.38. The molecule has 0 aliphatic rings. The molecule has 13 heavy (non-hydrogen) atoms. The first-order chi connectivity index (χ1) is 6.07. The summed E-state index contributed by atoms with van der Waals surface area (Å²) in [5, 5.41) is 0. The van der Waals surface area contributed by atoms with Crippen LogP contribution in [0, 0.1) is 15.2 Å². The van der Waals surface area contributed by atoms with Crippen LogP contribution < -0.4 is 0 Å². The average Bonchev–Trinajstić information content (AvgIpc) is 2.13. The van der Waals surface area contributed by atoms with Crippen LogP contribution in [-0.4, -0.2) is 13.1 Å². The summed E-state index contributed by atoms with van der Waals surface area (Å²) in [5.41, 5.74) is -0.389. The van der Waals surface area contributed by atoms with Crippen molar-refractivity contribution in [3.8, 4) is 0 Å². The Labute approximate surface area is 87.0 Å². The molecule has 0 aromatic heterocycles. The van der Waals surface area contributed by atoms with E-state index in [4.69, 9.17) is 0 Å². The molecule has 1 aromatic carbocycles. The molecule has 70 valence electrons. The van der Waals surface area contributed by atoms with E-state index in [9.17, 15) is 13.6 Å². The van der Waals surface area contributed by atoms with Crippen LogP contribution in [0.25, 0.3) is 0 Å². The molecule has 0 fully saturated rings. The molecule has 5 heteroatoms. The molecule has 0 aliphatic carbocycles. The topological polar surface area (TPSA) is 26.3 Å². The smallest absolute Gasteiger partial charge is 0.340 e. The lowest BCUT2D eigenvalue weighted by atomic mass is 10.2. The standard InChI is InChI=1S/C8H5F2IO2/c1-13-8(12)4-2-3-5(11)7(10)6(4)9/h2-3H,1H3. The summed E-state index contributed by atoms with van der Waals surface area (Å²) in [6.45, 7) is 0. The van der Waals surface area contributed by atoms with Crippen molar-refractivity contribution in [2.24, 2.45) is 0 Å². The van der Waals surface area contributed by atoms with E-state index in [1.165, 1.54) is 12.1 Å². The SMILES string of the molecule is COC(=O)c1ccc(I)c(F)c1F. The normalized spacial score (nSPS) is 9.85. The molecule has 1 aromatic rings. The summed E-state index contributed by atoms with van der Waals surface area (Å²) in [4.78, 5) is 10.9. The van der Waals surface area contributed by atoms with Crippen molar-refractivity contribution in [1.82, 2.24) is 0 Å². The Bertz CT molecular complexity index is 352. The summed E-state index contributed by atoms with van der Waals surface area (Å²) in [5.74, 6) is -3.07. The quantitative estimate of drug-likeness (QED) is 0.452. The number of rotatable bonds is 1. The van der Waals surface area contributed by atoms with Gasteiger partial charge in [-0.1, -0.05) is 0 Å². The van der Waals surface area contributed by atoms with Crippen molar-refractivity contribution in [2.75, 3.05) is 7.11 Å². The zero-order valence-corrected chi connectivity index (χ0v) is 8.76. The van der Waals surface area contributed by atoms with Crippen LogP contribution >= 0.6 is 22.6 Å². The van der Waals surface area contributed by atoms with E-state index in [0.29, 0.717) is 0 Å². The molecular formula is C8H5F2IO2. The molecule has 0 atom stereocenters. The maximum absolute atomic E-state index is 13.0. The molecule has 2 nitrogen and oxygen atoms in total. The largest absolute Gasteiger partial charge is 0.465 e. The van der Waals surface area contributed by atoms with Gasteiger partial charge in [0.2, 0.25) is 0 Å². The van der Waals surface area contributed by atoms with Crippen molar-refractivity contribution in [3.63, 3.8) is 0 Å². The Morgan fingerprint density at radius 3 is 2.54 bits per heavy atom. The first-order valence-corrected chi connectivity index (χ1v) is 4.37. The molecule has 0 spiro atoms. The maximum atomic E-state index is 13.0. The second-order valence-electron chi connectivity index (χ2n) is 2.21. The maximum Gasteiger partial charge on any atom is 0.340 e. The summed E-state index contributed by atoms with van der Waals surface area (Å²) < 4.78 is 30.3. The lowest BCUT2D eigenvalue weighted by Gasteiger charge is -2.02. The number of methoxy groups -OCH3 is 1. The molecule has 0 unspecified atom stereocenters. The van der Waals surface area contributed by atoms with Crippen LogP contribution in [0.15, 0.2) is 12.1 Å². The number of hydrogen-bond acceptors (Lipinski definition) is 2. The van der Waals surface area contributed by atoms with Crippen molar-refractivity contribution in [2.45, 2.75) is 0 Å². The Hall–Kier alpha value is -0.720. The minimum atomic E-state index is -1.17. The lowest BCUT2D eigenvalue weighted by Crippen LogP contribution is -2.06. The van der Waals surface area contributed by atoms with Gasteiger partial charge in [0.25, 0.3) is 0 Å². The minimum Gasteiger partial charge on any atom is -0.465 e. The van der Waals surface area contributed by atoms with Gasteiger partial charge in [0.15, 0.2) is 11.6 Å². The summed E-state index contributed by atoms with van der Waals surface area (Å²) >= 11 is 1.64. The Morgan fingerprint density at radius 1 is 1.38 bits per heavy atom. The first kappa shape index (κ1) is 10.4. The molecule has 0 heterocycles. The van der Waals surface area contributed by atoms with Gasteiger partial charge >= 0.3 is 5.97 Å². The number of carbonyl (C=O) groups excluding carboxylic acids is 1. The van der Waals surface area contributed by atoms with Gasteiger partial charge in [0, 0.05) is 0 Å². The van der Waals surface area contributed by atoms with Gasteiger partial charge in [0.05, 0.1) is 16.2 Å². The van der Waals surface area contributed by atoms with Gasteiger partial charge in [-0.2, -0.15) is 0 Å². The third-order valence-corrected chi connectivity index (χ3v) is 2.27. The van der Waals surface area contributed by atoms with Gasteiger partial charge in [0.1, 0.15) is 0 Å². The van der Waals surface area contributed by atoms with Crippen LogP contribution in [0.5, 0.6) is 0 Å². The highest BCUT2D eigenvalue weighted by Gasteiger charge is 2.17. The van der Waals surface area contributed by atoms with E-state index in [1.54, 1.807) is 22.6 Å². The zero-order chi connectivity index (χ0) is 10.0. The predicted molar refractivity (Wildman–Crippen MR) is 50.4 cm³/mol. The highest BCUT2D eigenvalue weighted by atomic mass is 127. The van der Waals surface area contributed by atoms with E-state index in [0.717, 1.165) is 7.11 Å². The first-order valence-electron chi connectivity index (χ1n) is 3.29. The van der Waals surface area contributed by atoms with Gasteiger partial charge in [-0.05, 0) is 34.7 Å². The van der Waals surface area contributed by atoms with Gasteiger partial charge < -0.3 is 4.74 Å². The third-order valence-electron chi connectivity index (χ3n) is 1.44. The Kier molecular flexibility index (Phi) is 3.18. The number of esters is 1. The van der Waals surface area contributed by atoms with Gasteiger partial charge in [-0.15, -0.1) is 0 Å². The van der Waals surface area contributed by atoms with Crippen molar-refractivity contribution < 1.29 is 18.3 Å². The Balaban J connectivity index is 3.26. The summed E-state index contributed by atoms with van der Waals surface area (Å²) in [7, 11) is 1.11. The number of carbonyl (C=O) groups is 1. The van der Waals surface area contributed by atoms with E-state index in [2.05, 4.69) is 4.74 Å². The van der Waals surface area contributed by atoms with E-state index in [-0.39, 0.29) is 9.13 Å². The highest BCUT2D eigenvalue weighted by molar-refractivity contribution is 14.1. The average molecular weight is 298 g/mol. The lowest BCUT2D eigenvalue weighted by molar-refractivity contribution is 0.0594. The highest BCUT2D eigenvalue weighted by Crippen LogP contribution is 2.18. The molecule has 0 N–H and O–H groups in total. The van der Waals surface area contributed by atoms with Crippen molar-refractivity contribution in [1.29, 1.82) is 0 Å². The van der Waals surface area contributed by atoms with E-state index in [1.807, 2.05) is 0 Å². The molecular weight excluding hydrogens is 293 g/mol. The Morgan fingerprint density at radius 2 is 2.00 bits per heavy atom. The van der Waals surface area contributed by atoms with Crippen molar-refractivity contribution >= 4 is 28.6 Å². The molecule has 1 rings (SSSR count). The molecule has 0 saturated carbocycles. The molecule has 0 aliphatic heterocycles. The summed E-state index contributed by atoms with van der Waals surface area (Å²) in [6, 6.07) is 2.50. The minimum absolute atomic E-state index is 0.128. The third kappa shape index (κ3) is 1.96. The monoisotopic (exact) mass is 298 g/mol. The van der Waals surface area contributed by atoms with Crippen LogP contribution in [0.4, 0.5) is 8.78 Å². The molecule has 0 saturated heterocycles. The number of ether oxygens (including phenoxy) is 1. The summed E-state index contributed by atoms with van der Waals surface area (Å²) in [6.07, 6.45) is 0. The van der Waals surface area contributed by atoms with E-state index < -0.39 is 17.6 Å². The number of hydrogen-bond donors (Lipinski definition) is 0. The van der Waals surface area contributed by atoms with Crippen LogP contribution in [0.1, 0.15) is 10.4 Å². The zero-order valence-electron chi connectivity index (χ0n) is 6.61. The van der Waals surface area contributed by atoms with Gasteiger partial charge in [-0.25, -0.2) is 13.6 Å².